The Balaban J connectivity index is 0. The Morgan fingerprint density at radius 3 is 2.55 bits per heavy atom. The van der Waals surface area contributed by atoms with Gasteiger partial charge in [0.05, 0.1) is 12.0 Å². The summed E-state index contributed by atoms with van der Waals surface area (Å²) in [6.07, 6.45) is 3.59. The van der Waals surface area contributed by atoms with Gasteiger partial charge < -0.3 is 10.3 Å². The predicted molar refractivity (Wildman–Crippen MR) is 50.3 cm³/mol. The van der Waals surface area contributed by atoms with Gasteiger partial charge in [-0.05, 0) is 6.92 Å². The van der Waals surface area contributed by atoms with Gasteiger partial charge >= 0.3 is 0 Å². The van der Waals surface area contributed by atoms with Gasteiger partial charge in [-0.25, -0.2) is 4.98 Å². The van der Waals surface area contributed by atoms with Crippen molar-refractivity contribution in [3.63, 3.8) is 0 Å². The fourth-order valence-corrected chi connectivity index (χ4v) is 0.803. The standard InChI is InChI=1S/C6H11N3.2ClH/c1-2-9-5-8-4-6(9)3-7;;/h4-5H,2-3,7H2,1H3;2*1H. The molecule has 1 aromatic heterocycles. The highest BCUT2D eigenvalue weighted by Gasteiger charge is 1.93. The molecule has 0 amide bonds. The predicted octanol–water partition coefficient (Wildman–Crippen LogP) is 1.21. The highest BCUT2D eigenvalue weighted by Crippen LogP contribution is 1.95. The first-order valence-electron chi connectivity index (χ1n) is 3.07. The Kier molecular flexibility index (Phi) is 7.84. The summed E-state index contributed by atoms with van der Waals surface area (Å²) in [7, 11) is 0. The summed E-state index contributed by atoms with van der Waals surface area (Å²) >= 11 is 0. The lowest BCUT2D eigenvalue weighted by atomic mass is 10.5. The first kappa shape index (κ1) is 13.3. The topological polar surface area (TPSA) is 43.8 Å². The van der Waals surface area contributed by atoms with E-state index in [4.69, 9.17) is 5.73 Å². The third kappa shape index (κ3) is 3.10. The van der Waals surface area contributed by atoms with Crippen molar-refractivity contribution in [2.24, 2.45) is 5.73 Å². The number of imidazole rings is 1. The van der Waals surface area contributed by atoms with Crippen molar-refractivity contribution in [1.82, 2.24) is 9.55 Å². The summed E-state index contributed by atoms with van der Waals surface area (Å²) in [6, 6.07) is 0. The van der Waals surface area contributed by atoms with Crippen molar-refractivity contribution in [3.8, 4) is 0 Å². The average Bonchev–Trinajstić information content (AvgIpc) is 2.33. The Hall–Kier alpha value is -0.250. The minimum Gasteiger partial charge on any atom is -0.334 e. The number of rotatable bonds is 2. The lowest BCUT2D eigenvalue weighted by molar-refractivity contribution is 0.712. The zero-order chi connectivity index (χ0) is 6.69. The number of nitrogens with zero attached hydrogens (tertiary/aromatic N) is 2. The smallest absolute Gasteiger partial charge is 0.0948 e. The van der Waals surface area contributed by atoms with E-state index < -0.39 is 0 Å². The van der Waals surface area contributed by atoms with Crippen molar-refractivity contribution in [2.45, 2.75) is 20.0 Å². The van der Waals surface area contributed by atoms with Gasteiger partial charge in [-0.2, -0.15) is 0 Å². The second-order valence-corrected chi connectivity index (χ2v) is 1.88. The first-order valence-corrected chi connectivity index (χ1v) is 3.07. The molecule has 0 fully saturated rings. The molecule has 2 N–H and O–H groups in total. The molecular weight excluding hydrogens is 185 g/mol. The molecule has 66 valence electrons. The molecule has 0 saturated heterocycles. The van der Waals surface area contributed by atoms with Crippen LogP contribution in [0.1, 0.15) is 12.6 Å². The SMILES string of the molecule is CCn1cncc1CN.Cl.Cl. The molecule has 0 spiro atoms. The molecule has 0 aliphatic carbocycles. The van der Waals surface area contributed by atoms with Crippen molar-refractivity contribution in [2.75, 3.05) is 0 Å². The molecule has 11 heavy (non-hydrogen) atoms. The molecule has 5 heteroatoms. The van der Waals surface area contributed by atoms with Crippen LogP contribution in [0.3, 0.4) is 0 Å². The molecule has 1 heterocycles. The fraction of sp³-hybridized carbons (Fsp3) is 0.500. The Labute approximate surface area is 78.8 Å². The minimum atomic E-state index is 0. The Morgan fingerprint density at radius 1 is 1.55 bits per heavy atom. The molecular formula is C6H13Cl2N3. The van der Waals surface area contributed by atoms with Crippen LogP contribution in [0.2, 0.25) is 0 Å². The molecule has 0 bridgehead atoms. The van der Waals surface area contributed by atoms with Crippen LogP contribution < -0.4 is 5.73 Å². The van der Waals surface area contributed by atoms with Crippen LogP contribution in [0.4, 0.5) is 0 Å². The van der Waals surface area contributed by atoms with Crippen molar-refractivity contribution < 1.29 is 0 Å². The Bertz CT molecular complexity index is 169. The van der Waals surface area contributed by atoms with E-state index in [0.717, 1.165) is 12.2 Å². The second kappa shape index (κ2) is 6.46. The molecule has 0 aromatic carbocycles. The van der Waals surface area contributed by atoms with Gasteiger partial charge in [0.2, 0.25) is 0 Å². The van der Waals surface area contributed by atoms with E-state index in [-0.39, 0.29) is 24.8 Å². The van der Waals surface area contributed by atoms with Crippen LogP contribution in [0.25, 0.3) is 0 Å². The van der Waals surface area contributed by atoms with Crippen LogP contribution in [-0.4, -0.2) is 9.55 Å². The van der Waals surface area contributed by atoms with Gasteiger partial charge in [0.25, 0.3) is 0 Å². The average molecular weight is 198 g/mol. The highest BCUT2D eigenvalue weighted by atomic mass is 35.5. The summed E-state index contributed by atoms with van der Waals surface area (Å²) in [5, 5.41) is 0. The van der Waals surface area contributed by atoms with Gasteiger partial charge in [0.15, 0.2) is 0 Å². The third-order valence-electron chi connectivity index (χ3n) is 1.35. The zero-order valence-electron chi connectivity index (χ0n) is 6.36. The number of halogens is 2. The molecule has 3 nitrogen and oxygen atoms in total. The summed E-state index contributed by atoms with van der Waals surface area (Å²) in [4.78, 5) is 3.95. The van der Waals surface area contributed by atoms with Gasteiger partial charge in [-0.3, -0.25) is 0 Å². The van der Waals surface area contributed by atoms with E-state index in [1.165, 1.54) is 0 Å². The monoisotopic (exact) mass is 197 g/mol. The van der Waals surface area contributed by atoms with E-state index in [1.54, 1.807) is 12.5 Å². The number of hydrogen-bond acceptors (Lipinski definition) is 2. The molecule has 1 aromatic rings. The van der Waals surface area contributed by atoms with Crippen LogP contribution in [0, 0.1) is 0 Å². The first-order chi connectivity index (χ1) is 4.38. The molecule has 0 unspecified atom stereocenters. The quantitative estimate of drug-likeness (QED) is 0.775. The van der Waals surface area contributed by atoms with Crippen molar-refractivity contribution in [3.05, 3.63) is 18.2 Å². The number of aryl methyl sites for hydroxylation is 1. The summed E-state index contributed by atoms with van der Waals surface area (Å²) in [6.45, 7) is 3.60. The molecule has 1 rings (SSSR count). The van der Waals surface area contributed by atoms with Crippen molar-refractivity contribution in [1.29, 1.82) is 0 Å². The maximum atomic E-state index is 5.41. The second-order valence-electron chi connectivity index (χ2n) is 1.88. The molecule has 0 atom stereocenters. The van der Waals surface area contributed by atoms with Crippen LogP contribution in [0.15, 0.2) is 12.5 Å². The van der Waals surface area contributed by atoms with Gasteiger partial charge in [0.1, 0.15) is 0 Å². The van der Waals surface area contributed by atoms with E-state index in [2.05, 4.69) is 11.9 Å². The summed E-state index contributed by atoms with van der Waals surface area (Å²) in [5.74, 6) is 0. The normalized spacial score (nSPS) is 8.18. The summed E-state index contributed by atoms with van der Waals surface area (Å²) < 4.78 is 2.03. The fourth-order valence-electron chi connectivity index (χ4n) is 0.803. The number of aromatic nitrogens is 2. The van der Waals surface area contributed by atoms with Gasteiger partial charge in [0, 0.05) is 19.3 Å². The lowest BCUT2D eigenvalue weighted by Crippen LogP contribution is -2.04. The third-order valence-corrected chi connectivity index (χ3v) is 1.35. The van der Waals surface area contributed by atoms with E-state index in [0.29, 0.717) is 6.54 Å². The van der Waals surface area contributed by atoms with Gasteiger partial charge in [-0.1, -0.05) is 0 Å². The van der Waals surface area contributed by atoms with Crippen LogP contribution >= 0.6 is 24.8 Å². The number of hydrogen-bond donors (Lipinski definition) is 1. The Morgan fingerprint density at radius 2 is 2.18 bits per heavy atom. The highest BCUT2D eigenvalue weighted by molar-refractivity contribution is 5.85. The van der Waals surface area contributed by atoms with Crippen molar-refractivity contribution >= 4 is 24.8 Å². The van der Waals surface area contributed by atoms with Crippen LogP contribution in [0.5, 0.6) is 0 Å². The van der Waals surface area contributed by atoms with E-state index in [9.17, 15) is 0 Å². The molecule has 0 saturated carbocycles. The maximum absolute atomic E-state index is 5.41. The minimum absolute atomic E-state index is 0. The van der Waals surface area contributed by atoms with E-state index >= 15 is 0 Å². The molecule has 0 aliphatic rings. The zero-order valence-corrected chi connectivity index (χ0v) is 7.99. The van der Waals surface area contributed by atoms with E-state index in [1.807, 2.05) is 4.57 Å². The largest absolute Gasteiger partial charge is 0.334 e. The van der Waals surface area contributed by atoms with Gasteiger partial charge in [-0.15, -0.1) is 24.8 Å². The maximum Gasteiger partial charge on any atom is 0.0948 e. The molecule has 0 radical (unpaired) electrons. The summed E-state index contributed by atoms with van der Waals surface area (Å²) in [5.41, 5.74) is 6.50. The molecule has 0 aliphatic heterocycles. The number of nitrogens with two attached hydrogens (primary N) is 1. The van der Waals surface area contributed by atoms with Crippen LogP contribution in [-0.2, 0) is 13.1 Å². The lowest BCUT2D eigenvalue weighted by Gasteiger charge is -1.99.